The van der Waals surface area contributed by atoms with E-state index in [0.29, 0.717) is 13.1 Å². The van der Waals surface area contributed by atoms with Gasteiger partial charge in [-0.2, -0.15) is 0 Å². The van der Waals surface area contributed by atoms with Crippen molar-refractivity contribution in [2.45, 2.75) is 6.92 Å². The fourth-order valence-corrected chi connectivity index (χ4v) is 3.25. The van der Waals surface area contributed by atoms with E-state index in [1.165, 1.54) is 31.4 Å². The Hall–Kier alpha value is -3.97. The minimum atomic E-state index is -0.621. The van der Waals surface area contributed by atoms with Gasteiger partial charge < -0.3 is 21.1 Å². The lowest BCUT2D eigenvalue weighted by Crippen LogP contribution is -2.29. The van der Waals surface area contributed by atoms with E-state index in [0.717, 1.165) is 21.9 Å². The number of methoxy groups -OCH3 is 1. The molecule has 0 spiro atoms. The third-order valence-electron chi connectivity index (χ3n) is 4.93. The molecule has 0 aromatic heterocycles. The van der Waals surface area contributed by atoms with Gasteiger partial charge in [-0.3, -0.25) is 9.59 Å². The Labute approximate surface area is 186 Å². The zero-order valence-corrected chi connectivity index (χ0v) is 18.0. The first-order valence-corrected chi connectivity index (χ1v) is 10.1. The monoisotopic (exact) mass is 431 g/mol. The van der Waals surface area contributed by atoms with E-state index < -0.39 is 11.9 Å². The van der Waals surface area contributed by atoms with Gasteiger partial charge in [-0.15, -0.1) is 0 Å². The maximum atomic E-state index is 12.7. The molecule has 7 nitrogen and oxygen atoms in total. The number of nitrogens with one attached hydrogen (secondary N) is 2. The van der Waals surface area contributed by atoms with Crippen LogP contribution in [0.2, 0.25) is 0 Å². The molecule has 0 bridgehead atoms. The summed E-state index contributed by atoms with van der Waals surface area (Å²) in [5.74, 6) is -1.41. The number of hydrogen-bond donors (Lipinski definition) is 3. The van der Waals surface area contributed by atoms with Crippen LogP contribution >= 0.6 is 0 Å². The number of ether oxygens (including phenoxy) is 1. The number of allylic oxidation sites excluding steroid dienone is 1. The summed E-state index contributed by atoms with van der Waals surface area (Å²) in [5.41, 5.74) is 7.70. The van der Waals surface area contributed by atoms with Gasteiger partial charge in [-0.1, -0.05) is 36.4 Å². The van der Waals surface area contributed by atoms with E-state index in [1.54, 1.807) is 0 Å². The zero-order valence-electron chi connectivity index (χ0n) is 18.0. The van der Waals surface area contributed by atoms with Gasteiger partial charge in [-0.25, -0.2) is 4.79 Å². The molecular formula is C25H25N3O4. The average Bonchev–Trinajstić information content (AvgIpc) is 2.81. The third-order valence-corrected chi connectivity index (χ3v) is 4.93. The second-order valence-corrected chi connectivity index (χ2v) is 7.18. The SMILES string of the molecule is COC(=O)c1ccc(C(=O)NCCN)cc1NC(=O)/C=C(/C)c1ccc2ccccc2c1. The molecule has 164 valence electrons. The molecule has 0 aliphatic heterocycles. The highest BCUT2D eigenvalue weighted by molar-refractivity contribution is 6.09. The number of rotatable bonds is 7. The van der Waals surface area contributed by atoms with Crippen LogP contribution in [0, 0.1) is 0 Å². The van der Waals surface area contributed by atoms with Crippen LogP contribution in [0.25, 0.3) is 16.3 Å². The molecule has 0 heterocycles. The highest BCUT2D eigenvalue weighted by Gasteiger charge is 2.16. The number of hydrogen-bond acceptors (Lipinski definition) is 5. The quantitative estimate of drug-likeness (QED) is 0.392. The Bertz CT molecular complexity index is 1200. The van der Waals surface area contributed by atoms with Crippen molar-refractivity contribution in [3.05, 3.63) is 83.4 Å². The van der Waals surface area contributed by atoms with Crippen molar-refractivity contribution in [3.8, 4) is 0 Å². The molecule has 0 aliphatic rings. The van der Waals surface area contributed by atoms with Crippen molar-refractivity contribution < 1.29 is 19.1 Å². The molecule has 0 saturated heterocycles. The summed E-state index contributed by atoms with van der Waals surface area (Å²) in [7, 11) is 1.25. The molecule has 4 N–H and O–H groups in total. The fourth-order valence-electron chi connectivity index (χ4n) is 3.25. The molecule has 32 heavy (non-hydrogen) atoms. The summed E-state index contributed by atoms with van der Waals surface area (Å²) < 4.78 is 4.79. The van der Waals surface area contributed by atoms with Gasteiger partial charge in [0, 0.05) is 24.7 Å². The summed E-state index contributed by atoms with van der Waals surface area (Å²) >= 11 is 0. The van der Waals surface area contributed by atoms with Gasteiger partial charge in [0.2, 0.25) is 5.91 Å². The van der Waals surface area contributed by atoms with Crippen molar-refractivity contribution in [1.29, 1.82) is 0 Å². The lowest BCUT2D eigenvalue weighted by atomic mass is 10.0. The normalized spacial score (nSPS) is 11.2. The van der Waals surface area contributed by atoms with Crippen molar-refractivity contribution in [2.75, 3.05) is 25.5 Å². The van der Waals surface area contributed by atoms with Gasteiger partial charge in [0.1, 0.15) is 0 Å². The van der Waals surface area contributed by atoms with Crippen LogP contribution < -0.4 is 16.4 Å². The molecular weight excluding hydrogens is 406 g/mol. The van der Waals surface area contributed by atoms with Crippen LogP contribution in [-0.4, -0.2) is 38.0 Å². The number of anilines is 1. The van der Waals surface area contributed by atoms with Gasteiger partial charge in [-0.05, 0) is 53.1 Å². The van der Waals surface area contributed by atoms with Crippen molar-refractivity contribution in [3.63, 3.8) is 0 Å². The van der Waals surface area contributed by atoms with Crippen LogP contribution in [0.3, 0.4) is 0 Å². The van der Waals surface area contributed by atoms with E-state index >= 15 is 0 Å². The molecule has 7 heteroatoms. The van der Waals surface area contributed by atoms with E-state index in [2.05, 4.69) is 10.6 Å². The van der Waals surface area contributed by atoms with Gasteiger partial charge >= 0.3 is 5.97 Å². The number of amides is 2. The lowest BCUT2D eigenvalue weighted by Gasteiger charge is -2.12. The highest BCUT2D eigenvalue weighted by atomic mass is 16.5. The number of benzene rings is 3. The van der Waals surface area contributed by atoms with E-state index in [9.17, 15) is 14.4 Å². The summed E-state index contributed by atoms with van der Waals surface area (Å²) in [6.45, 7) is 2.45. The summed E-state index contributed by atoms with van der Waals surface area (Å²) in [4.78, 5) is 37.1. The molecule has 0 saturated carbocycles. The van der Waals surface area contributed by atoms with Crippen molar-refractivity contribution in [2.24, 2.45) is 5.73 Å². The molecule has 2 amide bonds. The lowest BCUT2D eigenvalue weighted by molar-refractivity contribution is -0.111. The molecule has 0 fully saturated rings. The number of esters is 1. The van der Waals surface area contributed by atoms with Crippen LogP contribution in [0.5, 0.6) is 0 Å². The Kier molecular flexibility index (Phi) is 7.36. The second kappa shape index (κ2) is 10.4. The minimum Gasteiger partial charge on any atom is -0.465 e. The Morgan fingerprint density at radius 1 is 0.969 bits per heavy atom. The van der Waals surface area contributed by atoms with Gasteiger partial charge in [0.25, 0.3) is 5.91 Å². The molecule has 0 atom stereocenters. The minimum absolute atomic E-state index is 0.146. The van der Waals surface area contributed by atoms with Crippen LogP contribution in [0.15, 0.2) is 66.7 Å². The maximum Gasteiger partial charge on any atom is 0.339 e. The number of carbonyl (C=O) groups excluding carboxylic acids is 3. The molecule has 0 radical (unpaired) electrons. The smallest absolute Gasteiger partial charge is 0.339 e. The first-order chi connectivity index (χ1) is 15.4. The van der Waals surface area contributed by atoms with E-state index in [-0.39, 0.29) is 22.7 Å². The standard InChI is InChI=1S/C25H25N3O4/c1-16(18-8-7-17-5-3-4-6-19(17)14-18)13-23(29)28-22-15-20(24(30)27-12-11-26)9-10-21(22)25(31)32-2/h3-10,13-15H,11-12,26H2,1-2H3,(H,27,30)(H,28,29)/b16-13-. The van der Waals surface area contributed by atoms with Gasteiger partial charge in [0.15, 0.2) is 0 Å². The Morgan fingerprint density at radius 2 is 1.69 bits per heavy atom. The maximum absolute atomic E-state index is 12.7. The molecule has 3 aromatic rings. The first-order valence-electron chi connectivity index (χ1n) is 10.1. The molecule has 3 aromatic carbocycles. The van der Waals surface area contributed by atoms with E-state index in [4.69, 9.17) is 10.5 Å². The van der Waals surface area contributed by atoms with Crippen molar-refractivity contribution >= 4 is 39.8 Å². The fraction of sp³-hybridized carbons (Fsp3) is 0.160. The summed E-state index contributed by atoms with van der Waals surface area (Å²) in [6, 6.07) is 18.3. The number of carbonyl (C=O) groups is 3. The second-order valence-electron chi connectivity index (χ2n) is 7.18. The topological polar surface area (TPSA) is 111 Å². The largest absolute Gasteiger partial charge is 0.465 e. The van der Waals surface area contributed by atoms with Crippen LogP contribution in [-0.2, 0) is 9.53 Å². The predicted octanol–water partition coefficient (Wildman–Crippen LogP) is 3.36. The van der Waals surface area contributed by atoms with Gasteiger partial charge in [0.05, 0.1) is 18.4 Å². The Morgan fingerprint density at radius 3 is 2.41 bits per heavy atom. The van der Waals surface area contributed by atoms with Crippen LogP contribution in [0.4, 0.5) is 5.69 Å². The van der Waals surface area contributed by atoms with Crippen LogP contribution in [0.1, 0.15) is 33.2 Å². The zero-order chi connectivity index (χ0) is 23.1. The summed E-state index contributed by atoms with van der Waals surface area (Å²) in [5, 5.41) is 7.53. The predicted molar refractivity (Wildman–Crippen MR) is 125 cm³/mol. The molecule has 0 unspecified atom stereocenters. The average molecular weight is 431 g/mol. The molecule has 0 aliphatic carbocycles. The number of fused-ring (bicyclic) bond motifs is 1. The Balaban J connectivity index is 1.86. The molecule has 3 rings (SSSR count). The van der Waals surface area contributed by atoms with Crippen molar-refractivity contribution in [1.82, 2.24) is 5.32 Å². The highest BCUT2D eigenvalue weighted by Crippen LogP contribution is 2.22. The summed E-state index contributed by atoms with van der Waals surface area (Å²) in [6.07, 6.45) is 1.45. The number of nitrogens with two attached hydrogens (primary N) is 1. The first kappa shape index (κ1) is 22.7. The third kappa shape index (κ3) is 5.39. The van der Waals surface area contributed by atoms with E-state index in [1.807, 2.05) is 49.4 Å².